The third-order valence-electron chi connectivity index (χ3n) is 3.66. The van der Waals surface area contributed by atoms with E-state index in [0.717, 1.165) is 24.2 Å². The van der Waals surface area contributed by atoms with Gasteiger partial charge in [-0.3, -0.25) is 0 Å². The quantitative estimate of drug-likeness (QED) is 0.788. The highest BCUT2D eigenvalue weighted by atomic mass is 19.2. The molecule has 1 N–H and O–H groups in total. The molecule has 0 unspecified atom stereocenters. The summed E-state index contributed by atoms with van der Waals surface area (Å²) in [7, 11) is 0. The zero-order valence-corrected chi connectivity index (χ0v) is 13.1. The molecule has 128 valence electrons. The van der Waals surface area contributed by atoms with Gasteiger partial charge in [-0.1, -0.05) is 0 Å². The molecule has 0 amide bonds. The van der Waals surface area contributed by atoms with Crippen LogP contribution < -0.4 is 14.8 Å². The van der Waals surface area contributed by atoms with Gasteiger partial charge >= 0.3 is 0 Å². The molecule has 0 atom stereocenters. The number of anilines is 2. The number of rotatable bonds is 3. The molecule has 0 bridgehead atoms. The van der Waals surface area contributed by atoms with Crippen LogP contribution in [0.1, 0.15) is 6.42 Å². The van der Waals surface area contributed by atoms with Crippen molar-refractivity contribution in [3.63, 3.8) is 0 Å². The second-order valence-corrected chi connectivity index (χ2v) is 5.45. The van der Waals surface area contributed by atoms with Crippen LogP contribution in [0.5, 0.6) is 11.5 Å². The van der Waals surface area contributed by atoms with Crippen molar-refractivity contribution in [1.82, 2.24) is 14.8 Å². The molecule has 8 heteroatoms. The average Bonchev–Trinajstić information content (AvgIpc) is 2.94. The van der Waals surface area contributed by atoms with Gasteiger partial charge in [-0.15, -0.1) is 5.10 Å². The van der Waals surface area contributed by atoms with E-state index in [0.29, 0.717) is 36.3 Å². The molecule has 0 fully saturated rings. The molecular formula is C17H14F2N4O2. The molecule has 25 heavy (non-hydrogen) atoms. The summed E-state index contributed by atoms with van der Waals surface area (Å²) in [6, 6.07) is 8.97. The van der Waals surface area contributed by atoms with Gasteiger partial charge in [0.25, 0.3) is 0 Å². The van der Waals surface area contributed by atoms with Crippen molar-refractivity contribution in [3.05, 3.63) is 54.4 Å². The molecule has 3 aromatic rings. The lowest BCUT2D eigenvalue weighted by Crippen LogP contribution is -1.99. The van der Waals surface area contributed by atoms with Crippen molar-refractivity contribution in [3.8, 4) is 17.2 Å². The minimum Gasteiger partial charge on any atom is -0.490 e. The number of fused-ring (bicyclic) bond motifs is 1. The Balaban J connectivity index is 1.55. The summed E-state index contributed by atoms with van der Waals surface area (Å²) in [5.74, 6) is -0.176. The molecule has 0 aliphatic carbocycles. The first-order valence-electron chi connectivity index (χ1n) is 7.73. The van der Waals surface area contributed by atoms with Gasteiger partial charge in [-0.25, -0.2) is 13.5 Å². The van der Waals surface area contributed by atoms with E-state index in [9.17, 15) is 8.78 Å². The molecular weight excluding hydrogens is 330 g/mol. The van der Waals surface area contributed by atoms with Crippen LogP contribution in [0, 0.1) is 11.6 Å². The summed E-state index contributed by atoms with van der Waals surface area (Å²) < 4.78 is 38.9. The van der Waals surface area contributed by atoms with Crippen molar-refractivity contribution in [2.75, 3.05) is 18.5 Å². The number of nitrogens with zero attached hydrogens (tertiary/aromatic N) is 3. The van der Waals surface area contributed by atoms with E-state index in [1.165, 1.54) is 17.1 Å². The smallest absolute Gasteiger partial charge is 0.246 e. The zero-order chi connectivity index (χ0) is 17.2. The summed E-state index contributed by atoms with van der Waals surface area (Å²) in [5.41, 5.74) is 1.10. The van der Waals surface area contributed by atoms with Gasteiger partial charge in [0.05, 0.1) is 18.9 Å². The van der Waals surface area contributed by atoms with Crippen LogP contribution in [-0.2, 0) is 0 Å². The number of hydrogen-bond acceptors (Lipinski definition) is 5. The fraction of sp³-hybridized carbons (Fsp3) is 0.176. The minimum atomic E-state index is -0.939. The summed E-state index contributed by atoms with van der Waals surface area (Å²) >= 11 is 0. The highest BCUT2D eigenvalue weighted by Crippen LogP contribution is 2.32. The number of aromatic nitrogens is 3. The number of halogens is 2. The largest absolute Gasteiger partial charge is 0.490 e. The Bertz CT molecular complexity index is 913. The van der Waals surface area contributed by atoms with E-state index in [2.05, 4.69) is 15.4 Å². The van der Waals surface area contributed by atoms with E-state index in [1.54, 1.807) is 6.07 Å². The zero-order valence-electron chi connectivity index (χ0n) is 13.1. The maximum absolute atomic E-state index is 13.3. The van der Waals surface area contributed by atoms with E-state index in [4.69, 9.17) is 9.47 Å². The highest BCUT2D eigenvalue weighted by Gasteiger charge is 2.12. The van der Waals surface area contributed by atoms with Crippen LogP contribution in [0.3, 0.4) is 0 Å². The number of ether oxygens (including phenoxy) is 2. The van der Waals surface area contributed by atoms with Crippen molar-refractivity contribution in [2.45, 2.75) is 6.42 Å². The van der Waals surface area contributed by atoms with Crippen LogP contribution >= 0.6 is 0 Å². The van der Waals surface area contributed by atoms with Crippen LogP contribution in [-0.4, -0.2) is 28.0 Å². The average molecular weight is 344 g/mol. The first-order chi connectivity index (χ1) is 12.2. The Morgan fingerprint density at radius 3 is 2.64 bits per heavy atom. The van der Waals surface area contributed by atoms with Crippen molar-refractivity contribution < 1.29 is 18.3 Å². The molecule has 0 saturated carbocycles. The third-order valence-corrected chi connectivity index (χ3v) is 3.66. The summed E-state index contributed by atoms with van der Waals surface area (Å²) in [4.78, 5) is 4.12. The molecule has 4 rings (SSSR count). The maximum Gasteiger partial charge on any atom is 0.246 e. The number of nitrogens with one attached hydrogen (secondary N) is 1. The first kappa shape index (κ1) is 15.4. The van der Waals surface area contributed by atoms with E-state index < -0.39 is 11.6 Å². The molecule has 2 heterocycles. The monoisotopic (exact) mass is 344 g/mol. The molecule has 0 saturated heterocycles. The van der Waals surface area contributed by atoms with Crippen LogP contribution in [0.2, 0.25) is 0 Å². The Labute approximate surface area is 142 Å². The van der Waals surface area contributed by atoms with Gasteiger partial charge in [-0.2, -0.15) is 4.98 Å². The van der Waals surface area contributed by atoms with Crippen LogP contribution in [0.15, 0.2) is 42.7 Å². The lowest BCUT2D eigenvalue weighted by Gasteiger charge is -2.09. The van der Waals surface area contributed by atoms with Crippen LogP contribution in [0.4, 0.5) is 20.4 Å². The van der Waals surface area contributed by atoms with Gasteiger partial charge < -0.3 is 14.8 Å². The molecule has 6 nitrogen and oxygen atoms in total. The van der Waals surface area contributed by atoms with Gasteiger partial charge in [0.1, 0.15) is 6.33 Å². The summed E-state index contributed by atoms with van der Waals surface area (Å²) in [6.45, 7) is 1.22. The van der Waals surface area contributed by atoms with Gasteiger partial charge in [0.15, 0.2) is 23.1 Å². The topological polar surface area (TPSA) is 61.2 Å². The SMILES string of the molecule is Fc1ccc(-n2cnc(Nc3ccc4c(c3)OCCCO4)n2)cc1F. The molecule has 2 aromatic carbocycles. The molecule has 1 aliphatic heterocycles. The lowest BCUT2D eigenvalue weighted by atomic mass is 10.3. The molecule has 1 aliphatic rings. The van der Waals surface area contributed by atoms with E-state index >= 15 is 0 Å². The van der Waals surface area contributed by atoms with Crippen LogP contribution in [0.25, 0.3) is 5.69 Å². The second-order valence-electron chi connectivity index (χ2n) is 5.45. The predicted molar refractivity (Wildman–Crippen MR) is 86.6 cm³/mol. The highest BCUT2D eigenvalue weighted by molar-refractivity contribution is 5.59. The van der Waals surface area contributed by atoms with E-state index in [-0.39, 0.29) is 0 Å². The Morgan fingerprint density at radius 1 is 0.960 bits per heavy atom. The fourth-order valence-corrected chi connectivity index (χ4v) is 2.44. The second kappa shape index (κ2) is 6.39. The Kier molecular flexibility index (Phi) is 3.93. The van der Waals surface area contributed by atoms with Crippen molar-refractivity contribution >= 4 is 11.6 Å². The maximum atomic E-state index is 13.3. The summed E-state index contributed by atoms with van der Waals surface area (Å²) in [5, 5.41) is 7.25. The van der Waals surface area contributed by atoms with Crippen molar-refractivity contribution in [2.24, 2.45) is 0 Å². The Morgan fingerprint density at radius 2 is 1.80 bits per heavy atom. The van der Waals surface area contributed by atoms with Gasteiger partial charge in [-0.05, 0) is 24.3 Å². The molecule has 1 aromatic heterocycles. The predicted octanol–water partition coefficient (Wildman–Crippen LogP) is 3.45. The number of benzene rings is 2. The normalized spacial score (nSPS) is 13.4. The third kappa shape index (κ3) is 3.23. The standard InChI is InChI=1S/C17H14F2N4O2/c18-13-4-3-12(9-14(13)19)23-10-20-17(22-23)21-11-2-5-15-16(8-11)25-7-1-6-24-15/h2-5,8-10H,1,6-7H2,(H,21,22). The number of hydrogen-bond donors (Lipinski definition) is 1. The van der Waals surface area contributed by atoms with Gasteiger partial charge in [0.2, 0.25) is 5.95 Å². The first-order valence-corrected chi connectivity index (χ1v) is 7.73. The molecule has 0 radical (unpaired) electrons. The van der Waals surface area contributed by atoms with Crippen molar-refractivity contribution in [1.29, 1.82) is 0 Å². The van der Waals surface area contributed by atoms with E-state index in [1.807, 2.05) is 12.1 Å². The fourth-order valence-electron chi connectivity index (χ4n) is 2.44. The van der Waals surface area contributed by atoms with Gasteiger partial charge in [0, 0.05) is 24.2 Å². The molecule has 0 spiro atoms. The Hall–Kier alpha value is -3.16. The lowest BCUT2D eigenvalue weighted by molar-refractivity contribution is 0.297. The summed E-state index contributed by atoms with van der Waals surface area (Å²) in [6.07, 6.45) is 2.25. The minimum absolute atomic E-state index is 0.319.